The molecule has 2 heteroatoms. The van der Waals surface area contributed by atoms with E-state index in [0.717, 1.165) is 56.4 Å². The zero-order valence-corrected chi connectivity index (χ0v) is 27.4. The second-order valence-corrected chi connectivity index (χ2v) is 12.5. The Kier molecular flexibility index (Phi) is 7.53. The molecule has 9 rings (SSSR count). The molecule has 1 aliphatic heterocycles. The van der Waals surface area contributed by atoms with Crippen LogP contribution in [0.5, 0.6) is 11.5 Å². The van der Waals surface area contributed by atoms with Gasteiger partial charge in [0, 0.05) is 22.5 Å². The molecule has 0 saturated carbocycles. The second-order valence-electron chi connectivity index (χ2n) is 12.5. The molecule has 50 heavy (non-hydrogen) atoms. The lowest BCUT2D eigenvalue weighted by Gasteiger charge is -2.29. The minimum Gasteiger partial charge on any atom is -0.454 e. The van der Waals surface area contributed by atoms with Crippen molar-refractivity contribution in [2.24, 2.45) is 0 Å². The fourth-order valence-corrected chi connectivity index (χ4v) is 7.04. The highest BCUT2D eigenvalue weighted by molar-refractivity contribution is 5.97. The Labute approximate surface area is 293 Å². The number of benzene rings is 8. The fourth-order valence-electron chi connectivity index (χ4n) is 7.04. The van der Waals surface area contributed by atoms with Gasteiger partial charge in [-0.1, -0.05) is 158 Å². The van der Waals surface area contributed by atoms with Crippen molar-refractivity contribution in [2.45, 2.75) is 0 Å². The van der Waals surface area contributed by atoms with Crippen LogP contribution in [0, 0.1) is 0 Å². The number of nitrogens with zero attached hydrogens (tertiary/aromatic N) is 1. The molecule has 8 aromatic carbocycles. The van der Waals surface area contributed by atoms with Gasteiger partial charge in [0.2, 0.25) is 0 Å². The van der Waals surface area contributed by atoms with E-state index in [0.29, 0.717) is 0 Å². The molecule has 0 N–H and O–H groups in total. The minimum atomic E-state index is 0.821. The first-order valence-electron chi connectivity index (χ1n) is 17.0. The third-order valence-electron chi connectivity index (χ3n) is 9.49. The summed E-state index contributed by atoms with van der Waals surface area (Å²) < 4.78 is 7.05. The van der Waals surface area contributed by atoms with Crippen LogP contribution in [0.3, 0.4) is 0 Å². The topological polar surface area (TPSA) is 12.5 Å². The maximum Gasteiger partial charge on any atom is 0.159 e. The van der Waals surface area contributed by atoms with Crippen LogP contribution >= 0.6 is 0 Å². The van der Waals surface area contributed by atoms with E-state index in [1.54, 1.807) is 0 Å². The smallest absolute Gasteiger partial charge is 0.159 e. The highest BCUT2D eigenvalue weighted by Gasteiger charge is 2.27. The Morgan fingerprint density at radius 1 is 0.300 bits per heavy atom. The van der Waals surface area contributed by atoms with Crippen LogP contribution in [0.2, 0.25) is 0 Å². The van der Waals surface area contributed by atoms with Gasteiger partial charge in [-0.3, -0.25) is 0 Å². The number of ether oxygens (including phenoxy) is 1. The summed E-state index contributed by atoms with van der Waals surface area (Å²) in [4.78, 5) is 2.33. The average Bonchev–Trinajstić information content (AvgIpc) is 3.34. The third kappa shape index (κ3) is 5.43. The predicted molar refractivity (Wildman–Crippen MR) is 208 cm³/mol. The lowest BCUT2D eigenvalue weighted by molar-refractivity contribution is 0.489. The van der Waals surface area contributed by atoms with Crippen LogP contribution in [0.4, 0.5) is 17.1 Å². The molecule has 0 bridgehead atoms. The highest BCUT2D eigenvalue weighted by atomic mass is 16.5. The van der Waals surface area contributed by atoms with Crippen LogP contribution in [0.25, 0.3) is 55.6 Å². The number of rotatable bonds is 6. The van der Waals surface area contributed by atoms with Gasteiger partial charge in [0.15, 0.2) is 5.75 Å². The number of hydrogen-bond acceptors (Lipinski definition) is 2. The largest absolute Gasteiger partial charge is 0.454 e. The molecule has 236 valence electrons. The molecule has 0 atom stereocenters. The molecule has 0 fully saturated rings. The van der Waals surface area contributed by atoms with Crippen molar-refractivity contribution < 1.29 is 4.74 Å². The summed E-state index contributed by atoms with van der Waals surface area (Å²) in [6, 6.07) is 70.9. The lowest BCUT2D eigenvalue weighted by atomic mass is 9.91. The van der Waals surface area contributed by atoms with Crippen LogP contribution in [-0.2, 0) is 0 Å². The van der Waals surface area contributed by atoms with Gasteiger partial charge in [-0.15, -0.1) is 0 Å². The summed E-state index contributed by atoms with van der Waals surface area (Å²) in [7, 11) is 0. The van der Waals surface area contributed by atoms with Crippen molar-refractivity contribution in [1.82, 2.24) is 0 Å². The minimum absolute atomic E-state index is 0.821. The van der Waals surface area contributed by atoms with Gasteiger partial charge in [-0.05, 0) is 87.0 Å². The van der Waals surface area contributed by atoms with E-state index in [9.17, 15) is 0 Å². The number of hydrogen-bond donors (Lipinski definition) is 0. The Balaban J connectivity index is 1.27. The van der Waals surface area contributed by atoms with E-state index >= 15 is 0 Å². The Bertz CT molecular complexity index is 2430. The van der Waals surface area contributed by atoms with Gasteiger partial charge in [-0.25, -0.2) is 0 Å². The van der Waals surface area contributed by atoms with E-state index in [2.05, 4.69) is 199 Å². The van der Waals surface area contributed by atoms with Crippen LogP contribution in [-0.4, -0.2) is 0 Å². The molecule has 0 unspecified atom stereocenters. The van der Waals surface area contributed by atoms with Gasteiger partial charge >= 0.3 is 0 Å². The number of para-hydroxylation sites is 2. The van der Waals surface area contributed by atoms with Gasteiger partial charge in [0.25, 0.3) is 0 Å². The summed E-state index contributed by atoms with van der Waals surface area (Å²) >= 11 is 0. The normalized spacial score (nSPS) is 11.4. The molecular formula is C48H33NO. The van der Waals surface area contributed by atoms with Gasteiger partial charge in [0.05, 0.1) is 5.69 Å². The molecule has 0 saturated heterocycles. The monoisotopic (exact) mass is 639 g/mol. The van der Waals surface area contributed by atoms with Crippen LogP contribution in [0.15, 0.2) is 200 Å². The second kappa shape index (κ2) is 12.8. The molecule has 8 aromatic rings. The first-order valence-corrected chi connectivity index (χ1v) is 17.0. The van der Waals surface area contributed by atoms with Gasteiger partial charge in [0.1, 0.15) is 5.75 Å². The quantitative estimate of drug-likeness (QED) is 0.179. The van der Waals surface area contributed by atoms with E-state index < -0.39 is 0 Å². The van der Waals surface area contributed by atoms with Gasteiger partial charge in [-0.2, -0.15) is 0 Å². The summed E-state index contributed by atoms with van der Waals surface area (Å²) in [5.41, 5.74) is 14.5. The first-order chi connectivity index (χ1) is 24.8. The Morgan fingerprint density at radius 3 is 1.52 bits per heavy atom. The summed E-state index contributed by atoms with van der Waals surface area (Å²) in [5.74, 6) is 1.66. The van der Waals surface area contributed by atoms with Crippen LogP contribution < -0.4 is 9.64 Å². The summed E-state index contributed by atoms with van der Waals surface area (Å²) in [5, 5.41) is 0. The van der Waals surface area contributed by atoms with Crippen LogP contribution in [0.1, 0.15) is 0 Å². The lowest BCUT2D eigenvalue weighted by Crippen LogP contribution is -2.11. The van der Waals surface area contributed by atoms with E-state index in [4.69, 9.17) is 4.74 Å². The molecule has 1 heterocycles. The van der Waals surface area contributed by atoms with E-state index in [-0.39, 0.29) is 0 Å². The summed E-state index contributed by atoms with van der Waals surface area (Å²) in [6.45, 7) is 0. The molecule has 0 radical (unpaired) electrons. The zero-order valence-electron chi connectivity index (χ0n) is 27.4. The van der Waals surface area contributed by atoms with Crippen molar-refractivity contribution in [3.63, 3.8) is 0 Å². The van der Waals surface area contributed by atoms with E-state index in [1.165, 1.54) is 27.8 Å². The maximum absolute atomic E-state index is 7.05. The first kappa shape index (κ1) is 29.5. The molecule has 0 aliphatic carbocycles. The Morgan fingerprint density at radius 2 is 0.820 bits per heavy atom. The fraction of sp³-hybridized carbons (Fsp3) is 0. The molecule has 0 spiro atoms. The SMILES string of the molecule is c1ccc(-c2ccc(N(c3cccc(-c4ccccc4)c3)c3cccc4c3Oc3ccccc3-c3ccc(-c5ccccc5)cc3-4)cc2)cc1. The molecule has 2 nitrogen and oxygen atoms in total. The van der Waals surface area contributed by atoms with Crippen molar-refractivity contribution in [2.75, 3.05) is 4.90 Å². The van der Waals surface area contributed by atoms with Crippen molar-refractivity contribution in [3.05, 3.63) is 200 Å². The number of fused-ring (bicyclic) bond motifs is 5. The number of anilines is 3. The van der Waals surface area contributed by atoms with Crippen molar-refractivity contribution >= 4 is 17.1 Å². The zero-order chi connectivity index (χ0) is 33.3. The van der Waals surface area contributed by atoms with Crippen molar-refractivity contribution in [1.29, 1.82) is 0 Å². The highest BCUT2D eigenvalue weighted by Crippen LogP contribution is 2.53. The van der Waals surface area contributed by atoms with Gasteiger partial charge < -0.3 is 9.64 Å². The maximum atomic E-state index is 7.05. The molecule has 0 aromatic heterocycles. The predicted octanol–water partition coefficient (Wildman–Crippen LogP) is 13.6. The standard InChI is InChI=1S/C48H33NO/c1-4-14-34(15-5-1)37-26-29-40(30-27-37)49(41-21-12-20-38(32-41)35-16-6-2-7-17-35)46-24-13-23-44-45-33-39(36-18-8-3-9-19-36)28-31-42(45)43-22-10-11-25-47(43)50-48(44)46/h1-33H. The average molecular weight is 640 g/mol. The molecule has 1 aliphatic rings. The third-order valence-corrected chi connectivity index (χ3v) is 9.49. The molecule has 0 amide bonds. The summed E-state index contributed by atoms with van der Waals surface area (Å²) in [6.07, 6.45) is 0. The van der Waals surface area contributed by atoms with Crippen molar-refractivity contribution in [3.8, 4) is 67.1 Å². The molecular weight excluding hydrogens is 607 g/mol. The van der Waals surface area contributed by atoms with E-state index in [1.807, 2.05) is 6.07 Å². The Hall–Kier alpha value is -6.64.